The maximum absolute atomic E-state index is 14.0. The fraction of sp³-hybridized carbons (Fsp3) is 0.238. The first-order valence-electron chi connectivity index (χ1n) is 29.7. The molecule has 5 atom stereocenters. The summed E-state index contributed by atoms with van der Waals surface area (Å²) in [6, 6.07) is 21.9. The lowest BCUT2D eigenvalue weighted by molar-refractivity contribution is -0.143. The summed E-state index contributed by atoms with van der Waals surface area (Å²) in [6.45, 7) is -0.106. The van der Waals surface area contributed by atoms with E-state index in [4.69, 9.17) is 23.1 Å². The molecule has 31 nitrogen and oxygen atoms in total. The number of amides is 7. The molecule has 34 heteroatoms. The number of phenolic OH excluding ortho intramolecular Hbond substituents is 1. The molecular formula is C63H61ClN16O15S2. The van der Waals surface area contributed by atoms with Crippen molar-refractivity contribution in [2.45, 2.75) is 62.3 Å². The van der Waals surface area contributed by atoms with E-state index in [1.54, 1.807) is 59.5 Å². The summed E-state index contributed by atoms with van der Waals surface area (Å²) in [4.78, 5) is 163. The topological polar surface area (TPSA) is 494 Å². The Labute approximate surface area is 560 Å². The number of carboxylic acids is 3. The molecule has 502 valence electrons. The van der Waals surface area contributed by atoms with E-state index in [-0.39, 0.29) is 76.3 Å². The quantitative estimate of drug-likeness (QED) is 0.0176. The third-order valence-electron chi connectivity index (χ3n) is 15.4. The number of hydrogen-bond acceptors (Lipinski definition) is 20. The van der Waals surface area contributed by atoms with E-state index >= 15 is 0 Å². The average molecular weight is 1380 g/mol. The van der Waals surface area contributed by atoms with Gasteiger partial charge in [0.05, 0.1) is 30.5 Å². The second-order valence-corrected chi connectivity index (χ2v) is 25.2. The number of rotatable bonds is 29. The van der Waals surface area contributed by atoms with Crippen molar-refractivity contribution in [1.29, 1.82) is 0 Å². The number of aliphatic carboxylic acids is 3. The molecule has 9 aromatic rings. The van der Waals surface area contributed by atoms with Gasteiger partial charge < -0.3 is 84.0 Å². The van der Waals surface area contributed by atoms with Gasteiger partial charge in [0.25, 0.3) is 23.3 Å². The maximum atomic E-state index is 14.0. The molecule has 0 spiro atoms. The monoisotopic (exact) mass is 1380 g/mol. The number of aromatic nitrogens is 6. The number of carboxylic acid groups (broad SMARTS) is 3. The van der Waals surface area contributed by atoms with Gasteiger partial charge in [0.15, 0.2) is 11.2 Å². The van der Waals surface area contributed by atoms with Crippen LogP contribution in [0.25, 0.3) is 43.7 Å². The number of nitrogens with two attached hydrogens (primary N) is 2. The minimum absolute atomic E-state index is 0.0104. The molecule has 1 aliphatic heterocycles. The molecule has 0 aliphatic carbocycles. The molecule has 0 saturated carbocycles. The number of benzene rings is 5. The van der Waals surface area contributed by atoms with Gasteiger partial charge in [-0.3, -0.25) is 48.1 Å². The Balaban J connectivity index is 0.627. The summed E-state index contributed by atoms with van der Waals surface area (Å²) in [5.74, 6) is -9.46. The van der Waals surface area contributed by atoms with Crippen LogP contribution in [0.5, 0.6) is 5.75 Å². The summed E-state index contributed by atoms with van der Waals surface area (Å²) in [7, 11) is 2.11. The summed E-state index contributed by atoms with van der Waals surface area (Å²) in [6.07, 6.45) is -0.462. The number of phenols is 1. The second kappa shape index (κ2) is 30.4. The first-order valence-corrected chi connectivity index (χ1v) is 32.7. The molecule has 5 heterocycles. The predicted octanol–water partition coefficient (Wildman–Crippen LogP) is 4.31. The molecule has 5 aromatic carbocycles. The number of halogens is 1. The lowest BCUT2D eigenvalue weighted by atomic mass is 9.95. The number of aromatic amines is 3. The van der Waals surface area contributed by atoms with E-state index in [9.17, 15) is 73.2 Å². The number of hydrogen-bond donors (Lipinski definition) is 16. The lowest BCUT2D eigenvalue weighted by Crippen LogP contribution is -2.57. The highest BCUT2D eigenvalue weighted by Gasteiger charge is 2.36. The number of alkyl halides is 1. The van der Waals surface area contributed by atoms with Crippen molar-refractivity contribution < 1.29 is 68.4 Å². The van der Waals surface area contributed by atoms with E-state index in [1.165, 1.54) is 30.5 Å². The van der Waals surface area contributed by atoms with Gasteiger partial charge in [-0.2, -0.15) is 4.98 Å². The molecule has 18 N–H and O–H groups in total. The minimum atomic E-state index is -1.82. The zero-order valence-electron chi connectivity index (χ0n) is 50.8. The number of nitrogens with one attached hydrogen (secondary N) is 10. The Kier molecular flexibility index (Phi) is 21.5. The van der Waals surface area contributed by atoms with Crippen LogP contribution in [0.1, 0.15) is 74.2 Å². The normalized spacial score (nSPS) is 13.8. The van der Waals surface area contributed by atoms with Gasteiger partial charge in [0, 0.05) is 105 Å². The molecule has 0 bridgehead atoms. The largest absolute Gasteiger partial charge is 0.507 e. The molecule has 0 fully saturated rings. The number of anilines is 5. The summed E-state index contributed by atoms with van der Waals surface area (Å²) >= 11 is 6.40. The van der Waals surface area contributed by atoms with Crippen LogP contribution < -0.4 is 59.1 Å². The number of carbonyl (C=O) groups excluding carboxylic acids is 7. The van der Waals surface area contributed by atoms with Gasteiger partial charge in [-0.15, -0.1) is 11.6 Å². The lowest BCUT2D eigenvalue weighted by Gasteiger charge is -2.22. The third-order valence-corrected chi connectivity index (χ3v) is 18.2. The van der Waals surface area contributed by atoms with Crippen LogP contribution in [0, 0.1) is 0 Å². The number of nitrogens with zero attached hydrogens (tertiary/aromatic N) is 4. The van der Waals surface area contributed by atoms with Crippen molar-refractivity contribution in [2.24, 2.45) is 5.73 Å². The van der Waals surface area contributed by atoms with Gasteiger partial charge in [-0.1, -0.05) is 45.9 Å². The van der Waals surface area contributed by atoms with Gasteiger partial charge in [-0.05, 0) is 90.2 Å². The Bertz CT molecular complexity index is 4660. The fourth-order valence-corrected chi connectivity index (χ4v) is 13.0. The first kappa shape index (κ1) is 68.6. The zero-order valence-corrected chi connectivity index (χ0v) is 53.2. The Morgan fingerprint density at radius 2 is 1.36 bits per heavy atom. The van der Waals surface area contributed by atoms with Crippen molar-refractivity contribution in [3.63, 3.8) is 0 Å². The zero-order chi connectivity index (χ0) is 69.2. The van der Waals surface area contributed by atoms with Crippen molar-refractivity contribution in [3.05, 3.63) is 148 Å². The SMILES string of the molecule is Nc1nc2ncc(CNc3ccc(C(=O)NC(CCC(=O)NCC(N)C(=O)NC(CC(=O)O)C(=O)NC(CSSCCC(=O)Nc4ccc5[nH]c(C(=O)Nc6ccc7[nH]c(C(=O)N8CC(CCl)c9c8cc(O)c8ccccc98)cc7c6)cc5c4)C(=O)O)C(=O)O)cc3)nc2c(=O)[nH]1. The molecule has 0 saturated heterocycles. The summed E-state index contributed by atoms with van der Waals surface area (Å²) in [5, 5.41) is 60.7. The van der Waals surface area contributed by atoms with E-state index < -0.39 is 109 Å². The number of nitrogen functional groups attached to an aromatic ring is 1. The molecule has 0 radical (unpaired) electrons. The molecule has 10 rings (SSSR count). The third kappa shape index (κ3) is 16.8. The maximum Gasteiger partial charge on any atom is 0.327 e. The number of H-pyrrole nitrogens is 3. The fourth-order valence-electron chi connectivity index (χ4n) is 10.6. The van der Waals surface area contributed by atoms with Gasteiger partial charge in [-0.25, -0.2) is 19.6 Å². The number of aromatic hydroxyl groups is 1. The highest BCUT2D eigenvalue weighted by molar-refractivity contribution is 8.76. The molecule has 5 unspecified atom stereocenters. The molecule has 1 aliphatic rings. The van der Waals surface area contributed by atoms with E-state index in [0.717, 1.165) is 32.5 Å². The Morgan fingerprint density at radius 3 is 2.05 bits per heavy atom. The van der Waals surface area contributed by atoms with Crippen LogP contribution in [0.4, 0.5) is 28.7 Å². The van der Waals surface area contributed by atoms with Crippen LogP contribution >= 0.6 is 33.2 Å². The number of fused-ring (bicyclic) bond motifs is 6. The van der Waals surface area contributed by atoms with Crippen LogP contribution in [0.3, 0.4) is 0 Å². The second-order valence-electron chi connectivity index (χ2n) is 22.3. The van der Waals surface area contributed by atoms with Crippen molar-refractivity contribution >= 4 is 165 Å². The number of carbonyl (C=O) groups is 10. The highest BCUT2D eigenvalue weighted by atomic mass is 35.5. The van der Waals surface area contributed by atoms with E-state index in [0.29, 0.717) is 67.9 Å². The highest BCUT2D eigenvalue weighted by Crippen LogP contribution is 2.46. The van der Waals surface area contributed by atoms with Crippen molar-refractivity contribution in [1.82, 2.24) is 51.2 Å². The van der Waals surface area contributed by atoms with Crippen LogP contribution in [-0.2, 0) is 40.1 Å². The van der Waals surface area contributed by atoms with E-state index in [1.807, 2.05) is 24.3 Å². The summed E-state index contributed by atoms with van der Waals surface area (Å²) < 4.78 is 0. The minimum Gasteiger partial charge on any atom is -0.507 e. The molecule has 4 aromatic heterocycles. The molecule has 7 amide bonds. The van der Waals surface area contributed by atoms with Crippen LogP contribution in [0.2, 0.25) is 0 Å². The van der Waals surface area contributed by atoms with Gasteiger partial charge in [0.2, 0.25) is 29.6 Å². The van der Waals surface area contributed by atoms with Crippen LogP contribution in [-0.4, -0.2) is 164 Å². The van der Waals surface area contributed by atoms with Gasteiger partial charge >= 0.3 is 17.9 Å². The van der Waals surface area contributed by atoms with Crippen molar-refractivity contribution in [3.8, 4) is 5.75 Å². The average Bonchev–Trinajstić information content (AvgIpc) is 1.62. The van der Waals surface area contributed by atoms with Gasteiger partial charge in [0.1, 0.15) is 41.3 Å². The first-order chi connectivity index (χ1) is 46.5. The summed E-state index contributed by atoms with van der Waals surface area (Å²) in [5.41, 5.74) is 16.1. The van der Waals surface area contributed by atoms with Crippen molar-refractivity contribution in [2.75, 3.05) is 57.1 Å². The smallest absolute Gasteiger partial charge is 0.327 e. The molecule has 97 heavy (non-hydrogen) atoms. The Morgan fingerprint density at radius 1 is 0.701 bits per heavy atom. The van der Waals surface area contributed by atoms with Crippen LogP contribution in [0.15, 0.2) is 114 Å². The molecular weight excluding hydrogens is 1320 g/mol. The predicted molar refractivity (Wildman–Crippen MR) is 362 cm³/mol. The standard InChI is InChI=1S/C63H61ClN16O15S2/c64-23-32-27-80(47-22-48(81)37-3-1-2-4-38(37)52(32)47)60(91)45-20-31-18-35(10-12-41(31)74-45)72-57(88)43-19-30-17-34(9-11-40(30)73-43)70-50(83)15-16-96-97-28-46(62(94)95)77-58(89)44(21-51(84)85)76-56(87)39(65)26-68-49(82)14-13-42(61(92)93)75-55(86)29-5-7-33(8-6-29)67-24-36-25-69-54-53(71-36)59(90)79-63(66)78-54/h1-12,17-20,22,25,32,39,42,44,46,67,73-74,81H,13-16,21,23-24,26-28,65H2,(H,68,82)(H,70,83)(H,72,88)(H,75,86)(H,76,87)(H,77,89)(H,84,85)(H,92,93)(H,94,95)(H3,66,69,78,79,90). The van der Waals surface area contributed by atoms with E-state index in [2.05, 4.69) is 67.1 Å². The Hall–Kier alpha value is -11.3.